The largest absolute Gasteiger partial charge is 0.484 e. The SMILES string of the molecule is Cc1ccc(OCC(=O)NCC(C)CC(=O)O)cc1. The normalized spacial score (nSPS) is 11.7. The first-order valence-corrected chi connectivity index (χ1v) is 6.15. The number of carboxylic acid groups (broad SMARTS) is 1. The molecule has 0 aliphatic heterocycles. The molecule has 1 aromatic rings. The van der Waals surface area contributed by atoms with Gasteiger partial charge in [-0.15, -0.1) is 0 Å². The molecule has 0 saturated heterocycles. The minimum Gasteiger partial charge on any atom is -0.484 e. The van der Waals surface area contributed by atoms with Gasteiger partial charge in [0.25, 0.3) is 5.91 Å². The second-order valence-electron chi connectivity index (χ2n) is 4.61. The Balaban J connectivity index is 2.24. The Morgan fingerprint density at radius 1 is 1.32 bits per heavy atom. The zero-order valence-electron chi connectivity index (χ0n) is 11.2. The second kappa shape index (κ2) is 7.41. The summed E-state index contributed by atoms with van der Waals surface area (Å²) in [6.07, 6.45) is 0.0408. The molecule has 0 aliphatic rings. The maximum Gasteiger partial charge on any atom is 0.303 e. The summed E-state index contributed by atoms with van der Waals surface area (Å²) in [6, 6.07) is 7.41. The smallest absolute Gasteiger partial charge is 0.303 e. The monoisotopic (exact) mass is 265 g/mol. The van der Waals surface area contributed by atoms with Crippen LogP contribution in [0.2, 0.25) is 0 Å². The van der Waals surface area contributed by atoms with Gasteiger partial charge in [-0.25, -0.2) is 0 Å². The molecule has 0 aromatic heterocycles. The molecule has 0 spiro atoms. The molecule has 1 aromatic carbocycles. The Hall–Kier alpha value is -2.04. The van der Waals surface area contributed by atoms with Gasteiger partial charge in [-0.3, -0.25) is 9.59 Å². The van der Waals surface area contributed by atoms with Crippen molar-refractivity contribution in [3.05, 3.63) is 29.8 Å². The van der Waals surface area contributed by atoms with Crippen molar-refractivity contribution in [3.8, 4) is 5.75 Å². The van der Waals surface area contributed by atoms with E-state index in [0.717, 1.165) is 5.56 Å². The van der Waals surface area contributed by atoms with E-state index in [0.29, 0.717) is 12.3 Å². The lowest BCUT2D eigenvalue weighted by atomic mass is 10.1. The van der Waals surface area contributed by atoms with Crippen LogP contribution in [-0.4, -0.2) is 30.1 Å². The van der Waals surface area contributed by atoms with Crippen molar-refractivity contribution in [2.75, 3.05) is 13.2 Å². The number of carbonyl (C=O) groups excluding carboxylic acids is 1. The molecule has 0 aliphatic carbocycles. The topological polar surface area (TPSA) is 75.6 Å². The molecule has 0 fully saturated rings. The van der Waals surface area contributed by atoms with E-state index in [1.807, 2.05) is 19.1 Å². The van der Waals surface area contributed by atoms with Gasteiger partial charge in [0.1, 0.15) is 5.75 Å². The first kappa shape index (κ1) is 15.0. The van der Waals surface area contributed by atoms with Gasteiger partial charge in [0, 0.05) is 13.0 Å². The number of nitrogens with one attached hydrogen (secondary N) is 1. The predicted octanol–water partition coefficient (Wildman–Crippen LogP) is 1.60. The van der Waals surface area contributed by atoms with E-state index in [1.165, 1.54) is 0 Å². The van der Waals surface area contributed by atoms with Crippen molar-refractivity contribution >= 4 is 11.9 Å². The number of carbonyl (C=O) groups is 2. The molecule has 1 rings (SSSR count). The number of carboxylic acids is 1. The molecular weight excluding hydrogens is 246 g/mol. The van der Waals surface area contributed by atoms with Crippen molar-refractivity contribution in [1.29, 1.82) is 0 Å². The van der Waals surface area contributed by atoms with Crippen LogP contribution >= 0.6 is 0 Å². The van der Waals surface area contributed by atoms with Gasteiger partial charge in [0.15, 0.2) is 6.61 Å². The predicted molar refractivity (Wildman–Crippen MR) is 71.1 cm³/mol. The van der Waals surface area contributed by atoms with Crippen LogP contribution in [0.15, 0.2) is 24.3 Å². The second-order valence-corrected chi connectivity index (χ2v) is 4.61. The van der Waals surface area contributed by atoms with Crippen molar-refractivity contribution in [1.82, 2.24) is 5.32 Å². The first-order chi connectivity index (χ1) is 8.97. The van der Waals surface area contributed by atoms with Crippen molar-refractivity contribution < 1.29 is 19.4 Å². The van der Waals surface area contributed by atoms with Crippen LogP contribution < -0.4 is 10.1 Å². The van der Waals surface area contributed by atoms with Crippen molar-refractivity contribution in [2.24, 2.45) is 5.92 Å². The number of aliphatic carboxylic acids is 1. The molecule has 1 atom stereocenters. The lowest BCUT2D eigenvalue weighted by Gasteiger charge is -2.11. The molecule has 1 amide bonds. The van der Waals surface area contributed by atoms with Crippen LogP contribution in [0, 0.1) is 12.8 Å². The van der Waals surface area contributed by atoms with Gasteiger partial charge in [0.2, 0.25) is 0 Å². The van der Waals surface area contributed by atoms with E-state index in [9.17, 15) is 9.59 Å². The number of rotatable bonds is 7. The third kappa shape index (κ3) is 6.45. The van der Waals surface area contributed by atoms with E-state index < -0.39 is 5.97 Å². The highest BCUT2D eigenvalue weighted by atomic mass is 16.5. The molecule has 0 heterocycles. The molecule has 5 heteroatoms. The van der Waals surface area contributed by atoms with Gasteiger partial charge in [-0.05, 0) is 25.0 Å². The quantitative estimate of drug-likeness (QED) is 0.785. The molecule has 0 saturated carbocycles. The summed E-state index contributed by atoms with van der Waals surface area (Å²) in [4.78, 5) is 21.9. The van der Waals surface area contributed by atoms with E-state index in [1.54, 1.807) is 19.1 Å². The van der Waals surface area contributed by atoms with Crippen LogP contribution in [0.3, 0.4) is 0 Å². The highest BCUT2D eigenvalue weighted by Crippen LogP contribution is 2.10. The summed E-state index contributed by atoms with van der Waals surface area (Å²) in [5.41, 5.74) is 1.12. The Kier molecular flexibility index (Phi) is 5.85. The van der Waals surface area contributed by atoms with E-state index in [4.69, 9.17) is 9.84 Å². The van der Waals surface area contributed by atoms with Gasteiger partial charge >= 0.3 is 5.97 Å². The number of amides is 1. The number of aryl methyl sites for hydroxylation is 1. The molecule has 104 valence electrons. The van der Waals surface area contributed by atoms with Gasteiger partial charge in [-0.1, -0.05) is 24.6 Å². The zero-order chi connectivity index (χ0) is 14.3. The van der Waals surface area contributed by atoms with Crippen LogP contribution in [0.4, 0.5) is 0 Å². The summed E-state index contributed by atoms with van der Waals surface area (Å²) in [5, 5.41) is 11.2. The average Bonchev–Trinajstić information content (AvgIpc) is 2.35. The average molecular weight is 265 g/mol. The van der Waals surface area contributed by atoms with E-state index in [-0.39, 0.29) is 24.9 Å². The standard InChI is InChI=1S/C14H19NO4/c1-10-3-5-12(6-4-10)19-9-13(16)15-8-11(2)7-14(17)18/h3-6,11H,7-9H2,1-2H3,(H,15,16)(H,17,18). The Morgan fingerprint density at radius 2 is 1.95 bits per heavy atom. The third-order valence-corrected chi connectivity index (χ3v) is 2.56. The van der Waals surface area contributed by atoms with Gasteiger partial charge in [0.05, 0.1) is 0 Å². The maximum absolute atomic E-state index is 11.5. The third-order valence-electron chi connectivity index (χ3n) is 2.56. The summed E-state index contributed by atoms with van der Waals surface area (Å²) in [7, 11) is 0. The lowest BCUT2D eigenvalue weighted by Crippen LogP contribution is -2.33. The minimum atomic E-state index is -0.863. The van der Waals surface area contributed by atoms with Crippen LogP contribution in [-0.2, 0) is 9.59 Å². The number of hydrogen-bond donors (Lipinski definition) is 2. The van der Waals surface area contributed by atoms with Gasteiger partial charge < -0.3 is 15.2 Å². The van der Waals surface area contributed by atoms with E-state index >= 15 is 0 Å². The Labute approximate surface area is 112 Å². The van der Waals surface area contributed by atoms with Crippen molar-refractivity contribution in [2.45, 2.75) is 20.3 Å². The Bertz CT molecular complexity index is 428. The lowest BCUT2D eigenvalue weighted by molar-refractivity contribution is -0.138. The zero-order valence-corrected chi connectivity index (χ0v) is 11.2. The van der Waals surface area contributed by atoms with E-state index in [2.05, 4.69) is 5.32 Å². The highest BCUT2D eigenvalue weighted by molar-refractivity contribution is 5.77. The summed E-state index contributed by atoms with van der Waals surface area (Å²) >= 11 is 0. The molecule has 1 unspecified atom stereocenters. The van der Waals surface area contributed by atoms with Crippen LogP contribution in [0.25, 0.3) is 0 Å². The molecule has 0 radical (unpaired) electrons. The van der Waals surface area contributed by atoms with Gasteiger partial charge in [-0.2, -0.15) is 0 Å². The molecule has 5 nitrogen and oxygen atoms in total. The molecule has 19 heavy (non-hydrogen) atoms. The fourth-order valence-corrected chi connectivity index (χ4v) is 1.49. The fraction of sp³-hybridized carbons (Fsp3) is 0.429. The van der Waals surface area contributed by atoms with Crippen LogP contribution in [0.1, 0.15) is 18.9 Å². The van der Waals surface area contributed by atoms with Crippen LogP contribution in [0.5, 0.6) is 5.75 Å². The molecule has 0 bridgehead atoms. The molecular formula is C14H19NO4. The minimum absolute atomic E-state index is 0.0408. The number of hydrogen-bond acceptors (Lipinski definition) is 3. The fourth-order valence-electron chi connectivity index (χ4n) is 1.49. The summed E-state index contributed by atoms with van der Waals surface area (Å²) in [6.45, 7) is 4.01. The Morgan fingerprint density at radius 3 is 2.53 bits per heavy atom. The summed E-state index contributed by atoms with van der Waals surface area (Å²) < 4.78 is 5.31. The number of ether oxygens (including phenoxy) is 1. The maximum atomic E-state index is 11.5. The van der Waals surface area contributed by atoms with Crippen molar-refractivity contribution in [3.63, 3.8) is 0 Å². The summed E-state index contributed by atoms with van der Waals surface area (Å²) in [5.74, 6) is -0.573. The first-order valence-electron chi connectivity index (χ1n) is 6.15. The number of benzene rings is 1. The molecule has 2 N–H and O–H groups in total. The highest BCUT2D eigenvalue weighted by Gasteiger charge is 2.09.